The van der Waals surface area contributed by atoms with Gasteiger partial charge in [0.05, 0.1) is 22.4 Å². The lowest BCUT2D eigenvalue weighted by molar-refractivity contribution is 0.0536. The van der Waals surface area contributed by atoms with E-state index in [1.54, 1.807) is 30.3 Å². The van der Waals surface area contributed by atoms with Crippen molar-refractivity contribution >= 4 is 9.84 Å². The van der Waals surface area contributed by atoms with Crippen molar-refractivity contribution in [1.82, 2.24) is 0 Å². The number of hydrogen-bond acceptors (Lipinski definition) is 3. The largest absolute Gasteiger partial charge is 0.374 e. The van der Waals surface area contributed by atoms with Crippen LogP contribution in [0, 0.1) is 0 Å². The van der Waals surface area contributed by atoms with Crippen molar-refractivity contribution < 1.29 is 13.2 Å². The fraction of sp³-hybridized carbons (Fsp3) is 0.467. The second-order valence-electron chi connectivity index (χ2n) is 4.98. The van der Waals surface area contributed by atoms with E-state index in [1.165, 1.54) is 0 Å². The maximum atomic E-state index is 12.7. The van der Waals surface area contributed by atoms with Crippen LogP contribution in [-0.4, -0.2) is 25.9 Å². The monoisotopic (exact) mass is 280 g/mol. The zero-order valence-electron chi connectivity index (χ0n) is 11.2. The second-order valence-corrected chi connectivity index (χ2v) is 7.15. The molecule has 4 heteroatoms. The molecule has 1 heterocycles. The maximum Gasteiger partial charge on any atom is 0.184 e. The van der Waals surface area contributed by atoms with Crippen LogP contribution in [0.2, 0.25) is 0 Å². The van der Waals surface area contributed by atoms with Crippen molar-refractivity contribution in [3.05, 3.63) is 43.0 Å². The molecular formula is C15H20O3S. The molecule has 1 aromatic carbocycles. The van der Waals surface area contributed by atoms with Gasteiger partial charge in [-0.1, -0.05) is 24.3 Å². The molecule has 1 aliphatic rings. The Balaban J connectivity index is 2.31. The Hall–Kier alpha value is -1.13. The van der Waals surface area contributed by atoms with Crippen molar-refractivity contribution in [2.24, 2.45) is 0 Å². The summed E-state index contributed by atoms with van der Waals surface area (Å²) in [5.74, 6) is 0. The minimum absolute atomic E-state index is 0.142. The van der Waals surface area contributed by atoms with Gasteiger partial charge in [-0.05, 0) is 38.3 Å². The molecule has 104 valence electrons. The summed E-state index contributed by atoms with van der Waals surface area (Å²) in [7, 11) is -3.37. The molecular weight excluding hydrogens is 260 g/mol. The smallest absolute Gasteiger partial charge is 0.184 e. The van der Waals surface area contributed by atoms with Gasteiger partial charge in [-0.25, -0.2) is 8.42 Å². The fourth-order valence-electron chi connectivity index (χ4n) is 2.53. The highest BCUT2D eigenvalue weighted by Gasteiger charge is 2.38. The Morgan fingerprint density at radius 2 is 2.05 bits per heavy atom. The third-order valence-corrected chi connectivity index (χ3v) is 5.77. The minimum Gasteiger partial charge on any atom is -0.374 e. The number of sulfone groups is 1. The molecule has 19 heavy (non-hydrogen) atoms. The van der Waals surface area contributed by atoms with Gasteiger partial charge in [-0.3, -0.25) is 0 Å². The number of ether oxygens (including phenoxy) is 1. The second kappa shape index (κ2) is 5.88. The van der Waals surface area contributed by atoms with Gasteiger partial charge in [0.1, 0.15) is 0 Å². The van der Waals surface area contributed by atoms with Crippen LogP contribution < -0.4 is 0 Å². The molecule has 0 bridgehead atoms. The summed E-state index contributed by atoms with van der Waals surface area (Å²) in [4.78, 5) is 0.366. The number of rotatable bonds is 5. The lowest BCUT2D eigenvalue weighted by Gasteiger charge is -2.22. The molecule has 0 N–H and O–H groups in total. The average molecular weight is 280 g/mol. The van der Waals surface area contributed by atoms with Gasteiger partial charge in [0.2, 0.25) is 0 Å². The van der Waals surface area contributed by atoms with Gasteiger partial charge in [-0.2, -0.15) is 0 Å². The summed E-state index contributed by atoms with van der Waals surface area (Å²) >= 11 is 0. The average Bonchev–Trinajstić information content (AvgIpc) is 2.83. The predicted molar refractivity (Wildman–Crippen MR) is 75.8 cm³/mol. The fourth-order valence-corrected chi connectivity index (χ4v) is 4.41. The van der Waals surface area contributed by atoms with E-state index >= 15 is 0 Å². The molecule has 1 aliphatic heterocycles. The molecule has 1 fully saturated rings. The summed E-state index contributed by atoms with van der Waals surface area (Å²) in [5, 5.41) is -0.530. The van der Waals surface area contributed by atoms with E-state index in [0.29, 0.717) is 11.3 Å². The molecule has 0 aliphatic carbocycles. The van der Waals surface area contributed by atoms with Gasteiger partial charge < -0.3 is 4.74 Å². The van der Waals surface area contributed by atoms with Crippen LogP contribution in [-0.2, 0) is 14.6 Å². The van der Waals surface area contributed by atoms with E-state index in [-0.39, 0.29) is 12.2 Å². The molecule has 0 spiro atoms. The van der Waals surface area contributed by atoms with E-state index in [4.69, 9.17) is 4.74 Å². The third-order valence-electron chi connectivity index (χ3n) is 3.55. The van der Waals surface area contributed by atoms with Gasteiger partial charge in [-0.15, -0.1) is 6.58 Å². The Bertz CT molecular complexity index is 522. The third kappa shape index (κ3) is 3.07. The van der Waals surface area contributed by atoms with E-state index in [0.717, 1.165) is 12.8 Å². The van der Waals surface area contributed by atoms with E-state index < -0.39 is 15.1 Å². The van der Waals surface area contributed by atoms with E-state index in [9.17, 15) is 8.42 Å². The highest BCUT2D eigenvalue weighted by molar-refractivity contribution is 7.92. The Morgan fingerprint density at radius 1 is 1.37 bits per heavy atom. The lowest BCUT2D eigenvalue weighted by Crippen LogP contribution is -2.34. The molecule has 1 aromatic rings. The van der Waals surface area contributed by atoms with Gasteiger partial charge in [0, 0.05) is 0 Å². The summed E-state index contributed by atoms with van der Waals surface area (Å²) in [6.07, 6.45) is 3.72. The van der Waals surface area contributed by atoms with Gasteiger partial charge >= 0.3 is 0 Å². The topological polar surface area (TPSA) is 43.4 Å². The van der Waals surface area contributed by atoms with E-state index in [2.05, 4.69) is 6.58 Å². The first-order valence-electron chi connectivity index (χ1n) is 6.61. The van der Waals surface area contributed by atoms with E-state index in [1.807, 2.05) is 13.0 Å². The molecule has 3 atom stereocenters. The summed E-state index contributed by atoms with van der Waals surface area (Å²) in [6.45, 7) is 5.66. The first-order chi connectivity index (χ1) is 9.05. The van der Waals surface area contributed by atoms with Crippen LogP contribution in [0.3, 0.4) is 0 Å². The number of benzene rings is 1. The first-order valence-corrected chi connectivity index (χ1v) is 8.15. The van der Waals surface area contributed by atoms with Crippen molar-refractivity contribution in [3.63, 3.8) is 0 Å². The van der Waals surface area contributed by atoms with Crippen LogP contribution in [0.1, 0.15) is 26.2 Å². The number of allylic oxidation sites excluding steroid dienone is 1. The zero-order valence-corrected chi connectivity index (χ0v) is 12.0. The molecule has 0 saturated carbocycles. The molecule has 2 rings (SSSR count). The van der Waals surface area contributed by atoms with Crippen LogP contribution >= 0.6 is 0 Å². The summed E-state index contributed by atoms with van der Waals surface area (Å²) < 4.78 is 31.1. The van der Waals surface area contributed by atoms with Crippen molar-refractivity contribution in [2.45, 2.75) is 48.5 Å². The normalized spacial score (nSPS) is 25.1. The SMILES string of the molecule is C=CC[C@@H]([C@H]1CC[C@@H](C)O1)S(=O)(=O)c1ccccc1. The van der Waals surface area contributed by atoms with Crippen LogP contribution in [0.25, 0.3) is 0 Å². The molecule has 1 saturated heterocycles. The lowest BCUT2D eigenvalue weighted by atomic mass is 10.1. The Morgan fingerprint density at radius 3 is 2.58 bits per heavy atom. The standard InChI is InChI=1S/C15H20O3S/c1-3-7-15(14-11-10-12(2)18-14)19(16,17)13-8-5-4-6-9-13/h3-6,8-9,12,14-15H,1,7,10-11H2,2H3/t12-,14-,15+/m1/s1. The predicted octanol–water partition coefficient (Wildman–Crippen LogP) is 2.97. The minimum atomic E-state index is -3.37. The maximum absolute atomic E-state index is 12.7. The van der Waals surface area contributed by atoms with Crippen LogP contribution in [0.15, 0.2) is 47.9 Å². The quantitative estimate of drug-likeness (QED) is 0.779. The first kappa shape index (κ1) is 14.3. The summed E-state index contributed by atoms with van der Waals surface area (Å²) in [6, 6.07) is 8.59. The zero-order chi connectivity index (χ0) is 13.9. The van der Waals surface area contributed by atoms with Crippen molar-refractivity contribution in [2.75, 3.05) is 0 Å². The highest BCUT2D eigenvalue weighted by atomic mass is 32.2. The highest BCUT2D eigenvalue weighted by Crippen LogP contribution is 2.30. The molecule has 0 amide bonds. The molecule has 0 unspecified atom stereocenters. The molecule has 0 radical (unpaired) electrons. The van der Waals surface area contributed by atoms with Gasteiger partial charge in [0.15, 0.2) is 9.84 Å². The molecule has 0 aromatic heterocycles. The Labute approximate surface area is 115 Å². The van der Waals surface area contributed by atoms with Gasteiger partial charge in [0.25, 0.3) is 0 Å². The number of hydrogen-bond donors (Lipinski definition) is 0. The van der Waals surface area contributed by atoms with Crippen molar-refractivity contribution in [3.8, 4) is 0 Å². The van der Waals surface area contributed by atoms with Crippen LogP contribution in [0.4, 0.5) is 0 Å². The Kier molecular flexibility index (Phi) is 4.42. The molecule has 3 nitrogen and oxygen atoms in total. The summed E-state index contributed by atoms with van der Waals surface area (Å²) in [5.41, 5.74) is 0. The van der Waals surface area contributed by atoms with Crippen LogP contribution in [0.5, 0.6) is 0 Å². The van der Waals surface area contributed by atoms with Crippen molar-refractivity contribution in [1.29, 1.82) is 0 Å².